The van der Waals surface area contributed by atoms with Gasteiger partial charge in [0.05, 0.1) is 43.4 Å². The van der Waals surface area contributed by atoms with Crippen molar-refractivity contribution in [2.75, 3.05) is 18.0 Å². The van der Waals surface area contributed by atoms with Crippen molar-refractivity contribution in [2.45, 2.75) is 12.6 Å². The summed E-state index contributed by atoms with van der Waals surface area (Å²) >= 11 is 11.6. The lowest BCUT2D eigenvalue weighted by molar-refractivity contribution is 0.167. The first-order valence-corrected chi connectivity index (χ1v) is 11.1. The van der Waals surface area contributed by atoms with Crippen molar-refractivity contribution in [2.24, 2.45) is 7.05 Å². The molecule has 0 N–H and O–H groups in total. The number of rotatable bonds is 6. The number of pyridine rings is 1. The zero-order valence-corrected chi connectivity index (χ0v) is 19.4. The number of anilines is 1. The summed E-state index contributed by atoms with van der Waals surface area (Å²) in [5.74, 6) is 0.120. The molecule has 0 spiro atoms. The molecule has 0 amide bonds. The topological polar surface area (TPSA) is 91.0 Å². The fraction of sp³-hybridized carbons (Fsp3) is 0.227. The number of aryl methyl sites for hydroxylation is 1. The highest BCUT2D eigenvalue weighted by Gasteiger charge is 2.29. The van der Waals surface area contributed by atoms with Crippen LogP contribution in [-0.2, 0) is 13.6 Å². The predicted molar refractivity (Wildman–Crippen MR) is 125 cm³/mol. The van der Waals surface area contributed by atoms with E-state index >= 15 is 0 Å². The van der Waals surface area contributed by atoms with Crippen LogP contribution < -0.4 is 15.2 Å². The molecule has 0 unspecified atom stereocenters. The van der Waals surface area contributed by atoms with Gasteiger partial charge in [-0.2, -0.15) is 5.10 Å². The Morgan fingerprint density at radius 2 is 1.97 bits per heavy atom. The largest absolute Gasteiger partial charge is 0.485 e. The van der Waals surface area contributed by atoms with E-state index in [1.165, 1.54) is 27.6 Å². The third kappa shape index (κ3) is 4.46. The Balaban J connectivity index is 1.29. The molecule has 5 rings (SSSR count). The molecule has 1 aromatic carbocycles. The molecular formula is C22H18Cl2FN7O2. The number of halogens is 3. The lowest BCUT2D eigenvalue weighted by atomic mass is 10.1. The lowest BCUT2D eigenvalue weighted by Crippen LogP contribution is -2.54. The third-order valence-electron chi connectivity index (χ3n) is 5.50. The monoisotopic (exact) mass is 501 g/mol. The summed E-state index contributed by atoms with van der Waals surface area (Å²) in [5.41, 5.74) is 1.51. The molecule has 1 aliphatic heterocycles. The molecule has 34 heavy (non-hydrogen) atoms. The highest BCUT2D eigenvalue weighted by atomic mass is 35.5. The van der Waals surface area contributed by atoms with E-state index in [2.05, 4.69) is 20.4 Å². The Labute approximate surface area is 203 Å². The van der Waals surface area contributed by atoms with Crippen molar-refractivity contribution in [3.8, 4) is 17.0 Å². The van der Waals surface area contributed by atoms with Crippen LogP contribution in [0.2, 0.25) is 10.2 Å². The molecule has 0 bridgehead atoms. The van der Waals surface area contributed by atoms with Gasteiger partial charge in [0.1, 0.15) is 28.5 Å². The van der Waals surface area contributed by atoms with Gasteiger partial charge >= 0.3 is 0 Å². The fourth-order valence-electron chi connectivity index (χ4n) is 3.65. The van der Waals surface area contributed by atoms with Gasteiger partial charge in [-0.25, -0.2) is 18.7 Å². The summed E-state index contributed by atoms with van der Waals surface area (Å²) in [6.07, 6.45) is 3.17. The van der Waals surface area contributed by atoms with Gasteiger partial charge in [-0.1, -0.05) is 28.4 Å². The number of nitrogens with zero attached hydrogens (tertiary/aromatic N) is 7. The second-order valence-corrected chi connectivity index (χ2v) is 8.63. The Morgan fingerprint density at radius 3 is 2.68 bits per heavy atom. The number of ether oxygens (including phenoxy) is 1. The fourth-order valence-corrected chi connectivity index (χ4v) is 3.92. The molecule has 0 aliphatic carbocycles. The molecule has 3 aromatic heterocycles. The molecular weight excluding hydrogens is 484 g/mol. The Bertz CT molecular complexity index is 1400. The molecule has 1 saturated heterocycles. The van der Waals surface area contributed by atoms with Crippen LogP contribution in [0, 0.1) is 5.82 Å². The predicted octanol–water partition coefficient (Wildman–Crippen LogP) is 3.20. The minimum atomic E-state index is -0.520. The first-order chi connectivity index (χ1) is 16.4. The highest BCUT2D eigenvalue weighted by Crippen LogP contribution is 2.27. The minimum absolute atomic E-state index is 0.0252. The summed E-state index contributed by atoms with van der Waals surface area (Å²) in [7, 11) is 1.68. The van der Waals surface area contributed by atoms with Gasteiger partial charge in [-0.15, -0.1) is 5.10 Å². The summed E-state index contributed by atoms with van der Waals surface area (Å²) in [4.78, 5) is 18.8. The van der Waals surface area contributed by atoms with Crippen molar-refractivity contribution in [1.82, 2.24) is 29.8 Å². The number of hydrogen-bond donors (Lipinski definition) is 0. The molecule has 4 heterocycles. The third-order valence-corrected chi connectivity index (χ3v) is 5.96. The van der Waals surface area contributed by atoms with Crippen LogP contribution in [0.15, 0.2) is 53.6 Å². The Hall–Kier alpha value is -3.50. The van der Waals surface area contributed by atoms with Gasteiger partial charge in [0.25, 0.3) is 5.56 Å². The van der Waals surface area contributed by atoms with E-state index in [0.29, 0.717) is 41.1 Å². The number of hydrogen-bond acceptors (Lipinski definition) is 7. The van der Waals surface area contributed by atoms with E-state index in [1.807, 2.05) is 4.90 Å². The first-order valence-electron chi connectivity index (χ1n) is 10.3. The van der Waals surface area contributed by atoms with Crippen molar-refractivity contribution in [3.63, 3.8) is 0 Å². The molecule has 4 aromatic rings. The van der Waals surface area contributed by atoms with Crippen LogP contribution >= 0.6 is 23.2 Å². The number of benzene rings is 1. The quantitative estimate of drug-likeness (QED) is 0.374. The summed E-state index contributed by atoms with van der Waals surface area (Å²) in [5, 5.41) is 13.0. The van der Waals surface area contributed by atoms with Gasteiger partial charge in [0.2, 0.25) is 0 Å². The van der Waals surface area contributed by atoms with Crippen LogP contribution in [-0.4, -0.2) is 49.0 Å². The molecule has 0 saturated carbocycles. The van der Waals surface area contributed by atoms with Gasteiger partial charge in [0.15, 0.2) is 0 Å². The lowest BCUT2D eigenvalue weighted by Gasteiger charge is -2.40. The van der Waals surface area contributed by atoms with Crippen molar-refractivity contribution >= 4 is 28.9 Å². The average Bonchev–Trinajstić information content (AvgIpc) is 3.13. The molecule has 174 valence electrons. The number of aromatic nitrogens is 6. The maximum absolute atomic E-state index is 14.4. The molecule has 0 radical (unpaired) electrons. The standard InChI is InChI=1S/C22H18Cl2FN7O2/c1-30-19(22(28-29-30)17-4-2-13(23)6-18(17)25)12-32-21(33)7-14(8-27-32)31-10-16(11-31)34-15-3-5-20(24)26-9-15/h2-9,16H,10-12H2,1H3. The maximum atomic E-state index is 14.4. The van der Waals surface area contributed by atoms with Crippen LogP contribution in [0.5, 0.6) is 5.75 Å². The second kappa shape index (κ2) is 9.03. The van der Waals surface area contributed by atoms with Crippen LogP contribution in [0.1, 0.15) is 5.69 Å². The summed E-state index contributed by atoms with van der Waals surface area (Å²) < 4.78 is 23.1. The van der Waals surface area contributed by atoms with E-state index in [9.17, 15) is 9.18 Å². The van der Waals surface area contributed by atoms with E-state index in [1.54, 1.807) is 37.6 Å². The van der Waals surface area contributed by atoms with Crippen LogP contribution in [0.4, 0.5) is 10.1 Å². The molecule has 9 nitrogen and oxygen atoms in total. The first kappa shape index (κ1) is 22.3. The van der Waals surface area contributed by atoms with Gasteiger partial charge in [0, 0.05) is 23.7 Å². The SMILES string of the molecule is Cn1nnc(-c2ccc(Cl)cc2F)c1Cn1ncc(N2CC(Oc3ccc(Cl)nc3)C2)cc1=O. The van der Waals surface area contributed by atoms with E-state index in [4.69, 9.17) is 27.9 Å². The Kier molecular flexibility index (Phi) is 5.93. The smallest absolute Gasteiger partial charge is 0.269 e. The molecule has 12 heteroatoms. The zero-order valence-electron chi connectivity index (χ0n) is 17.9. The van der Waals surface area contributed by atoms with Gasteiger partial charge in [-0.05, 0) is 30.3 Å². The summed E-state index contributed by atoms with van der Waals surface area (Å²) in [6, 6.07) is 9.26. The van der Waals surface area contributed by atoms with Crippen molar-refractivity contribution in [3.05, 3.63) is 80.8 Å². The van der Waals surface area contributed by atoms with E-state index in [-0.39, 0.29) is 28.8 Å². The van der Waals surface area contributed by atoms with Gasteiger partial charge in [-0.3, -0.25) is 4.79 Å². The molecule has 1 fully saturated rings. The normalized spacial score (nSPS) is 13.7. The van der Waals surface area contributed by atoms with E-state index in [0.717, 1.165) is 0 Å². The molecule has 0 atom stereocenters. The van der Waals surface area contributed by atoms with Gasteiger partial charge < -0.3 is 9.64 Å². The highest BCUT2D eigenvalue weighted by molar-refractivity contribution is 6.30. The Morgan fingerprint density at radius 1 is 1.15 bits per heavy atom. The van der Waals surface area contributed by atoms with Crippen LogP contribution in [0.3, 0.4) is 0 Å². The van der Waals surface area contributed by atoms with Crippen LogP contribution in [0.25, 0.3) is 11.3 Å². The maximum Gasteiger partial charge on any atom is 0.269 e. The minimum Gasteiger partial charge on any atom is -0.485 e. The van der Waals surface area contributed by atoms with E-state index < -0.39 is 5.82 Å². The average molecular weight is 502 g/mol. The van der Waals surface area contributed by atoms with Crippen molar-refractivity contribution < 1.29 is 9.13 Å². The van der Waals surface area contributed by atoms with Crippen molar-refractivity contribution in [1.29, 1.82) is 0 Å². The zero-order chi connectivity index (χ0) is 23.8. The molecule has 1 aliphatic rings. The summed E-state index contributed by atoms with van der Waals surface area (Å²) in [6.45, 7) is 1.30. The second-order valence-electron chi connectivity index (χ2n) is 7.80.